The molecule has 0 radical (unpaired) electrons. The number of nitrogens with zero attached hydrogens (tertiary/aromatic N) is 2. The van der Waals surface area contributed by atoms with Gasteiger partial charge in [-0.1, -0.05) is 36.8 Å². The molecule has 0 bridgehead atoms. The van der Waals surface area contributed by atoms with E-state index in [1.807, 2.05) is 41.9 Å². The fourth-order valence-corrected chi connectivity index (χ4v) is 3.76. The van der Waals surface area contributed by atoms with Crippen LogP contribution in [0.5, 0.6) is 0 Å². The van der Waals surface area contributed by atoms with E-state index in [-0.39, 0.29) is 5.78 Å². The summed E-state index contributed by atoms with van der Waals surface area (Å²) in [5, 5.41) is 3.24. The maximum atomic E-state index is 12.2. The number of thiazole rings is 1. The van der Waals surface area contributed by atoms with Crippen molar-refractivity contribution in [3.05, 3.63) is 52.5 Å². The number of Topliss-reactive ketones (excluding diaryl/α,β-unsaturated/α-hetero) is 1. The van der Waals surface area contributed by atoms with Gasteiger partial charge in [0.05, 0.1) is 6.04 Å². The van der Waals surface area contributed by atoms with Crippen LogP contribution in [0.3, 0.4) is 0 Å². The topological polar surface area (TPSA) is 33.2 Å². The smallest absolute Gasteiger partial charge is 0.164 e. The van der Waals surface area contributed by atoms with Crippen LogP contribution >= 0.6 is 11.3 Å². The lowest BCUT2D eigenvalue weighted by Gasteiger charge is -2.34. The first-order valence-electron chi connectivity index (χ1n) is 7.56. The average Bonchev–Trinajstić information content (AvgIpc) is 3.08. The fourth-order valence-electron chi connectivity index (χ4n) is 2.95. The fraction of sp³-hybridized carbons (Fsp3) is 0.412. The van der Waals surface area contributed by atoms with E-state index in [1.165, 1.54) is 17.8 Å². The standard InChI is InChI=1S/C17H20N2OS/c20-16(14-6-2-1-3-7-14)9-12-19-11-5-4-8-15(19)17-18-10-13-21-17/h1-3,6-7,10,13,15H,4-5,8-9,11-12H2. The Labute approximate surface area is 129 Å². The first kappa shape index (κ1) is 14.4. The van der Waals surface area contributed by atoms with Crippen LogP contribution in [-0.4, -0.2) is 28.8 Å². The van der Waals surface area contributed by atoms with Gasteiger partial charge < -0.3 is 0 Å². The Hall–Kier alpha value is -1.52. The van der Waals surface area contributed by atoms with Gasteiger partial charge >= 0.3 is 0 Å². The molecule has 1 unspecified atom stereocenters. The maximum Gasteiger partial charge on any atom is 0.164 e. The van der Waals surface area contributed by atoms with Gasteiger partial charge in [-0.2, -0.15) is 0 Å². The number of hydrogen-bond acceptors (Lipinski definition) is 4. The number of aromatic nitrogens is 1. The minimum Gasteiger partial charge on any atom is -0.294 e. The molecule has 2 aromatic rings. The molecular formula is C17H20N2OS. The van der Waals surface area contributed by atoms with Crippen molar-refractivity contribution in [1.82, 2.24) is 9.88 Å². The van der Waals surface area contributed by atoms with E-state index in [9.17, 15) is 4.79 Å². The molecule has 1 aromatic heterocycles. The van der Waals surface area contributed by atoms with Crippen LogP contribution in [0.2, 0.25) is 0 Å². The summed E-state index contributed by atoms with van der Waals surface area (Å²) in [7, 11) is 0. The Morgan fingerprint density at radius 2 is 2.14 bits per heavy atom. The van der Waals surface area contributed by atoms with Gasteiger partial charge in [0.1, 0.15) is 5.01 Å². The van der Waals surface area contributed by atoms with Crippen molar-refractivity contribution in [3.8, 4) is 0 Å². The van der Waals surface area contributed by atoms with E-state index in [4.69, 9.17) is 0 Å². The molecule has 110 valence electrons. The Balaban J connectivity index is 1.62. The quantitative estimate of drug-likeness (QED) is 0.784. The highest BCUT2D eigenvalue weighted by Gasteiger charge is 2.25. The Morgan fingerprint density at radius 3 is 2.90 bits per heavy atom. The molecule has 21 heavy (non-hydrogen) atoms. The van der Waals surface area contributed by atoms with E-state index in [1.54, 1.807) is 11.3 Å². The van der Waals surface area contributed by atoms with E-state index in [0.29, 0.717) is 12.5 Å². The number of piperidine rings is 1. The molecule has 1 aromatic carbocycles. The van der Waals surface area contributed by atoms with Gasteiger partial charge in [0, 0.05) is 30.1 Å². The zero-order valence-electron chi connectivity index (χ0n) is 12.1. The number of benzene rings is 1. The molecule has 0 saturated carbocycles. The predicted octanol–water partition coefficient (Wildman–Crippen LogP) is 3.94. The molecular weight excluding hydrogens is 280 g/mol. The molecule has 1 atom stereocenters. The maximum absolute atomic E-state index is 12.2. The van der Waals surface area contributed by atoms with E-state index in [0.717, 1.165) is 25.1 Å². The molecule has 0 spiro atoms. The third kappa shape index (κ3) is 3.57. The third-order valence-corrected chi connectivity index (χ3v) is 4.95. The van der Waals surface area contributed by atoms with Crippen molar-refractivity contribution in [2.24, 2.45) is 0 Å². The van der Waals surface area contributed by atoms with Crippen LogP contribution in [0.25, 0.3) is 0 Å². The molecule has 1 aliphatic rings. The van der Waals surface area contributed by atoms with E-state index < -0.39 is 0 Å². The Morgan fingerprint density at radius 1 is 1.29 bits per heavy atom. The van der Waals surface area contributed by atoms with Gasteiger partial charge in [-0.15, -0.1) is 11.3 Å². The zero-order valence-corrected chi connectivity index (χ0v) is 12.9. The van der Waals surface area contributed by atoms with Crippen molar-refractivity contribution in [3.63, 3.8) is 0 Å². The molecule has 1 saturated heterocycles. The van der Waals surface area contributed by atoms with Crippen LogP contribution in [0.15, 0.2) is 41.9 Å². The highest BCUT2D eigenvalue weighted by Crippen LogP contribution is 2.32. The first-order chi connectivity index (χ1) is 10.3. The lowest BCUT2D eigenvalue weighted by molar-refractivity contribution is 0.0925. The van der Waals surface area contributed by atoms with Gasteiger partial charge in [-0.3, -0.25) is 9.69 Å². The largest absolute Gasteiger partial charge is 0.294 e. The molecule has 3 rings (SSSR count). The van der Waals surface area contributed by atoms with Crippen molar-refractivity contribution in [1.29, 1.82) is 0 Å². The summed E-state index contributed by atoms with van der Waals surface area (Å²) in [4.78, 5) is 19.1. The molecule has 0 aliphatic carbocycles. The van der Waals surface area contributed by atoms with Crippen LogP contribution in [0.4, 0.5) is 0 Å². The first-order valence-corrected chi connectivity index (χ1v) is 8.44. The molecule has 1 fully saturated rings. The second-order valence-electron chi connectivity index (χ2n) is 5.46. The Kier molecular flexibility index (Phi) is 4.78. The van der Waals surface area contributed by atoms with Crippen molar-refractivity contribution in [2.45, 2.75) is 31.7 Å². The molecule has 4 heteroatoms. The van der Waals surface area contributed by atoms with Gasteiger partial charge in [-0.25, -0.2) is 4.98 Å². The summed E-state index contributed by atoms with van der Waals surface area (Å²) in [6, 6.07) is 9.99. The number of likely N-dealkylation sites (tertiary alicyclic amines) is 1. The average molecular weight is 300 g/mol. The van der Waals surface area contributed by atoms with Crippen LogP contribution in [-0.2, 0) is 0 Å². The lowest BCUT2D eigenvalue weighted by Crippen LogP contribution is -2.35. The van der Waals surface area contributed by atoms with Crippen molar-refractivity contribution < 1.29 is 4.79 Å². The van der Waals surface area contributed by atoms with Crippen LogP contribution in [0.1, 0.15) is 47.1 Å². The Bertz CT molecular complexity index is 568. The number of rotatable bonds is 5. The summed E-state index contributed by atoms with van der Waals surface area (Å²) in [5.41, 5.74) is 0.820. The van der Waals surface area contributed by atoms with Crippen molar-refractivity contribution >= 4 is 17.1 Å². The minimum atomic E-state index is 0.235. The monoisotopic (exact) mass is 300 g/mol. The molecule has 1 aliphatic heterocycles. The summed E-state index contributed by atoms with van der Waals surface area (Å²) in [5.74, 6) is 0.235. The number of carbonyl (C=O) groups is 1. The van der Waals surface area contributed by atoms with Crippen LogP contribution in [0, 0.1) is 0 Å². The highest BCUT2D eigenvalue weighted by atomic mass is 32.1. The summed E-state index contributed by atoms with van der Waals surface area (Å²) >= 11 is 1.73. The van der Waals surface area contributed by atoms with E-state index >= 15 is 0 Å². The van der Waals surface area contributed by atoms with Gasteiger partial charge in [-0.05, 0) is 19.4 Å². The highest BCUT2D eigenvalue weighted by molar-refractivity contribution is 7.09. The SMILES string of the molecule is O=C(CCN1CCCCC1c1nccs1)c1ccccc1. The number of carbonyl (C=O) groups excluding carboxylic acids is 1. The predicted molar refractivity (Wildman–Crippen MR) is 85.7 cm³/mol. The lowest BCUT2D eigenvalue weighted by atomic mass is 10.0. The molecule has 2 heterocycles. The summed E-state index contributed by atoms with van der Waals surface area (Å²) < 4.78 is 0. The van der Waals surface area contributed by atoms with Gasteiger partial charge in [0.25, 0.3) is 0 Å². The second-order valence-corrected chi connectivity index (χ2v) is 6.38. The second kappa shape index (κ2) is 6.96. The van der Waals surface area contributed by atoms with Gasteiger partial charge in [0.15, 0.2) is 5.78 Å². The van der Waals surface area contributed by atoms with E-state index in [2.05, 4.69) is 9.88 Å². The normalized spacial score (nSPS) is 19.5. The van der Waals surface area contributed by atoms with Crippen LogP contribution < -0.4 is 0 Å². The zero-order chi connectivity index (χ0) is 14.5. The summed E-state index contributed by atoms with van der Waals surface area (Å²) in [6.07, 6.45) is 6.11. The summed E-state index contributed by atoms with van der Waals surface area (Å²) in [6.45, 7) is 1.91. The number of hydrogen-bond donors (Lipinski definition) is 0. The minimum absolute atomic E-state index is 0.235. The van der Waals surface area contributed by atoms with Gasteiger partial charge in [0.2, 0.25) is 0 Å². The third-order valence-electron chi connectivity index (χ3n) is 4.07. The number of ketones is 1. The molecule has 0 amide bonds. The van der Waals surface area contributed by atoms with Crippen molar-refractivity contribution in [2.75, 3.05) is 13.1 Å². The molecule has 3 nitrogen and oxygen atoms in total. The molecule has 0 N–H and O–H groups in total.